The molecule has 0 aliphatic heterocycles. The first-order valence-electron chi connectivity index (χ1n) is 9.13. The summed E-state index contributed by atoms with van der Waals surface area (Å²) >= 11 is 6.20. The van der Waals surface area contributed by atoms with Crippen molar-refractivity contribution in [2.24, 2.45) is 0 Å². The summed E-state index contributed by atoms with van der Waals surface area (Å²) < 4.78 is 27.2. The van der Waals surface area contributed by atoms with Crippen LogP contribution in [0.4, 0.5) is 4.39 Å². The fourth-order valence-electron chi connectivity index (χ4n) is 2.84. The molecule has 0 N–H and O–H groups in total. The van der Waals surface area contributed by atoms with E-state index in [4.69, 9.17) is 21.1 Å². The molecule has 0 amide bonds. The summed E-state index contributed by atoms with van der Waals surface area (Å²) in [5.41, 5.74) is 0.996. The third-order valence-corrected chi connectivity index (χ3v) is 4.80. The summed E-state index contributed by atoms with van der Waals surface area (Å²) in [7, 11) is 1.79. The van der Waals surface area contributed by atoms with Crippen molar-refractivity contribution in [2.45, 2.75) is 13.0 Å². The van der Waals surface area contributed by atoms with Crippen LogP contribution in [0.2, 0.25) is 5.02 Å². The number of rotatable bonds is 10. The van der Waals surface area contributed by atoms with Crippen molar-refractivity contribution < 1.29 is 23.5 Å². The largest absolute Gasteiger partial charge is 0.492 e. The van der Waals surface area contributed by atoms with Crippen molar-refractivity contribution in [2.75, 3.05) is 26.7 Å². The Hall–Kier alpha value is -3.04. The number of carbonyl (C=O) groups is 2. The van der Waals surface area contributed by atoms with Gasteiger partial charge in [-0.05, 0) is 26.1 Å². The molecule has 2 heterocycles. The van der Waals surface area contributed by atoms with E-state index in [9.17, 15) is 14.0 Å². The summed E-state index contributed by atoms with van der Waals surface area (Å²) in [5, 5.41) is 3.91. The van der Waals surface area contributed by atoms with Crippen molar-refractivity contribution in [3.05, 3.63) is 52.6 Å². The molecule has 30 heavy (non-hydrogen) atoms. The van der Waals surface area contributed by atoms with Crippen LogP contribution in [0.15, 0.2) is 30.6 Å². The minimum Gasteiger partial charge on any atom is -0.492 e. The van der Waals surface area contributed by atoms with Gasteiger partial charge < -0.3 is 14.3 Å². The third-order valence-electron chi connectivity index (χ3n) is 4.41. The maximum absolute atomic E-state index is 14.1. The van der Waals surface area contributed by atoms with E-state index in [0.717, 1.165) is 6.29 Å². The Morgan fingerprint density at radius 1 is 1.33 bits per heavy atom. The zero-order chi connectivity index (χ0) is 21.7. The zero-order valence-electron chi connectivity index (χ0n) is 16.4. The Kier molecular flexibility index (Phi) is 6.96. The zero-order valence-corrected chi connectivity index (χ0v) is 17.2. The number of hydrogen-bond acceptors (Lipinski definition) is 7. The van der Waals surface area contributed by atoms with Gasteiger partial charge in [0.15, 0.2) is 11.9 Å². The number of ether oxygens (including phenoxy) is 2. The normalized spacial score (nSPS) is 12.2. The predicted molar refractivity (Wildman–Crippen MR) is 108 cm³/mol. The topological polar surface area (TPSA) is 86.0 Å². The lowest BCUT2D eigenvalue weighted by Gasteiger charge is -2.21. The highest BCUT2D eigenvalue weighted by molar-refractivity contribution is 6.31. The molecule has 3 rings (SSSR count). The number of fused-ring (bicyclic) bond motifs is 1. The van der Waals surface area contributed by atoms with Gasteiger partial charge in [0.1, 0.15) is 30.6 Å². The monoisotopic (exact) mass is 434 g/mol. The minimum atomic E-state index is -0.701. The minimum absolute atomic E-state index is 0.111. The summed E-state index contributed by atoms with van der Waals surface area (Å²) in [5.74, 6) is -0.0157. The number of hydrogen-bond donors (Lipinski definition) is 0. The molecule has 1 atom stereocenters. The Labute approximate surface area is 177 Å². The SMILES string of the molecule is CC(Oc1ccn2ncc(C=O)c2n1)c1c(OCCN(C)CC=O)ccc(F)c1Cl. The molecule has 10 heteroatoms. The molecule has 0 aliphatic rings. The first-order chi connectivity index (χ1) is 14.4. The highest BCUT2D eigenvalue weighted by Crippen LogP contribution is 2.36. The fraction of sp³-hybridized carbons (Fsp3) is 0.300. The van der Waals surface area contributed by atoms with Crippen LogP contribution in [0.5, 0.6) is 11.6 Å². The second-order valence-corrected chi connectivity index (χ2v) is 6.94. The molecule has 8 nitrogen and oxygen atoms in total. The van der Waals surface area contributed by atoms with E-state index in [-0.39, 0.29) is 24.1 Å². The second kappa shape index (κ2) is 9.64. The molecule has 0 saturated heterocycles. The van der Waals surface area contributed by atoms with Gasteiger partial charge in [0.2, 0.25) is 5.88 Å². The number of nitrogens with zero attached hydrogens (tertiary/aromatic N) is 4. The molecule has 0 saturated carbocycles. The van der Waals surface area contributed by atoms with Gasteiger partial charge in [-0.3, -0.25) is 9.69 Å². The molecule has 0 aliphatic carbocycles. The number of benzene rings is 1. The van der Waals surface area contributed by atoms with E-state index in [1.165, 1.54) is 22.8 Å². The van der Waals surface area contributed by atoms with Crippen LogP contribution < -0.4 is 9.47 Å². The van der Waals surface area contributed by atoms with Crippen LogP contribution >= 0.6 is 11.6 Å². The first kappa shape index (κ1) is 21.7. The number of carbonyl (C=O) groups excluding carboxylic acids is 2. The lowest BCUT2D eigenvalue weighted by molar-refractivity contribution is -0.108. The average molecular weight is 435 g/mol. The molecule has 0 bridgehead atoms. The van der Waals surface area contributed by atoms with Crippen LogP contribution in [-0.4, -0.2) is 58.8 Å². The Bertz CT molecular complexity index is 1060. The summed E-state index contributed by atoms with van der Waals surface area (Å²) in [6.45, 7) is 2.74. The molecule has 3 aromatic rings. The smallest absolute Gasteiger partial charge is 0.217 e. The fourth-order valence-corrected chi connectivity index (χ4v) is 3.15. The Balaban J connectivity index is 1.82. The van der Waals surface area contributed by atoms with E-state index in [1.807, 2.05) is 0 Å². The van der Waals surface area contributed by atoms with Gasteiger partial charge in [0.05, 0.1) is 28.9 Å². The Morgan fingerprint density at radius 2 is 2.13 bits per heavy atom. The van der Waals surface area contributed by atoms with Gasteiger partial charge in [0.25, 0.3) is 0 Å². The predicted octanol–water partition coefficient (Wildman–Crippen LogP) is 2.98. The number of aldehydes is 2. The number of likely N-dealkylation sites (N-methyl/N-ethyl adjacent to an activating group) is 1. The number of halogens is 2. The lowest BCUT2D eigenvalue weighted by Crippen LogP contribution is -2.26. The summed E-state index contributed by atoms with van der Waals surface area (Å²) in [4.78, 5) is 27.8. The molecule has 2 aromatic heterocycles. The van der Waals surface area contributed by atoms with Gasteiger partial charge in [-0.15, -0.1) is 0 Å². The average Bonchev–Trinajstić information content (AvgIpc) is 3.13. The van der Waals surface area contributed by atoms with E-state index in [1.54, 1.807) is 31.1 Å². The van der Waals surface area contributed by atoms with Crippen LogP contribution in [0.25, 0.3) is 5.65 Å². The van der Waals surface area contributed by atoms with Crippen LogP contribution in [0.3, 0.4) is 0 Å². The highest BCUT2D eigenvalue weighted by atomic mass is 35.5. The van der Waals surface area contributed by atoms with Crippen molar-refractivity contribution in [3.63, 3.8) is 0 Å². The standard InChI is InChI=1S/C20H20ClFN4O4/c1-13(30-17-5-6-26-20(24-17)14(12-28)11-23-26)18-16(4-3-15(22)19(18)21)29-10-8-25(2)7-9-27/h3-6,9,11-13H,7-8,10H2,1-2H3. The quantitative estimate of drug-likeness (QED) is 0.453. The lowest BCUT2D eigenvalue weighted by atomic mass is 10.1. The van der Waals surface area contributed by atoms with Crippen LogP contribution in [0.1, 0.15) is 28.9 Å². The van der Waals surface area contributed by atoms with Crippen molar-refractivity contribution in [1.29, 1.82) is 0 Å². The van der Waals surface area contributed by atoms with Gasteiger partial charge >= 0.3 is 0 Å². The van der Waals surface area contributed by atoms with E-state index in [2.05, 4.69) is 10.1 Å². The molecule has 0 spiro atoms. The van der Waals surface area contributed by atoms with Crippen molar-refractivity contribution in [1.82, 2.24) is 19.5 Å². The molecule has 158 valence electrons. The molecule has 1 aromatic carbocycles. The van der Waals surface area contributed by atoms with Gasteiger partial charge in [-0.1, -0.05) is 11.6 Å². The maximum atomic E-state index is 14.1. The van der Waals surface area contributed by atoms with Crippen molar-refractivity contribution in [3.8, 4) is 11.6 Å². The highest BCUT2D eigenvalue weighted by Gasteiger charge is 2.21. The van der Waals surface area contributed by atoms with Crippen LogP contribution in [0, 0.1) is 5.82 Å². The van der Waals surface area contributed by atoms with E-state index >= 15 is 0 Å². The molecule has 0 fully saturated rings. The van der Waals surface area contributed by atoms with Gasteiger partial charge in [0, 0.05) is 18.8 Å². The maximum Gasteiger partial charge on any atom is 0.217 e. The van der Waals surface area contributed by atoms with Gasteiger partial charge in [-0.2, -0.15) is 10.1 Å². The van der Waals surface area contributed by atoms with Crippen molar-refractivity contribution >= 4 is 29.8 Å². The second-order valence-electron chi connectivity index (χ2n) is 6.56. The van der Waals surface area contributed by atoms with Gasteiger partial charge in [-0.25, -0.2) is 8.91 Å². The molecular weight excluding hydrogens is 415 g/mol. The molecule has 1 unspecified atom stereocenters. The Morgan fingerprint density at radius 3 is 2.87 bits per heavy atom. The number of aromatic nitrogens is 3. The summed E-state index contributed by atoms with van der Waals surface area (Å²) in [6, 6.07) is 4.28. The third kappa shape index (κ3) is 4.74. The molecule has 0 radical (unpaired) electrons. The van der Waals surface area contributed by atoms with Crippen LogP contribution in [-0.2, 0) is 4.79 Å². The van der Waals surface area contributed by atoms with E-state index in [0.29, 0.717) is 35.4 Å². The summed E-state index contributed by atoms with van der Waals surface area (Å²) in [6.07, 6.45) is 3.76. The van der Waals surface area contributed by atoms with E-state index < -0.39 is 11.9 Å². The first-order valence-corrected chi connectivity index (χ1v) is 9.51. The molecular formula is C20H20ClFN4O4.